The number of fused-ring (bicyclic) bond motifs is 2. The molecule has 2 aromatic carbocycles. The average Bonchev–Trinajstić information content (AvgIpc) is 2.98. The lowest BCUT2D eigenvalue weighted by atomic mass is 9.95. The van der Waals surface area contributed by atoms with Gasteiger partial charge in [0, 0.05) is 12.5 Å². The van der Waals surface area contributed by atoms with Crippen LogP contribution in [0.2, 0.25) is 0 Å². The lowest BCUT2D eigenvalue weighted by Crippen LogP contribution is -2.41. The van der Waals surface area contributed by atoms with Gasteiger partial charge in [-0.1, -0.05) is 48.5 Å². The van der Waals surface area contributed by atoms with E-state index in [0.717, 1.165) is 24.0 Å². The molecule has 1 aliphatic heterocycles. The average molecular weight is 293 g/mol. The summed E-state index contributed by atoms with van der Waals surface area (Å²) in [5, 5.41) is 10.3. The fourth-order valence-electron chi connectivity index (χ4n) is 3.74. The zero-order chi connectivity index (χ0) is 15.1. The Balaban J connectivity index is 1.53. The van der Waals surface area contributed by atoms with E-state index in [9.17, 15) is 9.90 Å². The van der Waals surface area contributed by atoms with Gasteiger partial charge in [0.2, 0.25) is 5.91 Å². The van der Waals surface area contributed by atoms with Gasteiger partial charge in [-0.25, -0.2) is 0 Å². The molecule has 0 unspecified atom stereocenters. The molecule has 112 valence electrons. The summed E-state index contributed by atoms with van der Waals surface area (Å²) in [5.41, 5.74) is 4.60. The lowest BCUT2D eigenvalue weighted by molar-refractivity contribution is -0.138. The normalized spacial score (nSPS) is 20.6. The summed E-state index contributed by atoms with van der Waals surface area (Å²) in [5.74, 6) is 0.194. The third-order valence-corrected chi connectivity index (χ3v) is 4.88. The second kappa shape index (κ2) is 5.25. The third-order valence-electron chi connectivity index (χ3n) is 4.88. The molecule has 3 heteroatoms. The minimum Gasteiger partial charge on any atom is -0.387 e. The Bertz CT molecular complexity index is 700. The summed E-state index contributed by atoms with van der Waals surface area (Å²) in [7, 11) is 0. The molecule has 2 aromatic rings. The number of aliphatic hydroxyl groups is 1. The van der Waals surface area contributed by atoms with Crippen molar-refractivity contribution in [1.82, 2.24) is 4.90 Å². The summed E-state index contributed by atoms with van der Waals surface area (Å²) in [4.78, 5) is 14.7. The number of benzene rings is 2. The van der Waals surface area contributed by atoms with Crippen molar-refractivity contribution in [3.63, 3.8) is 0 Å². The minimum atomic E-state index is -0.572. The smallest absolute Gasteiger partial charge is 0.226 e. The molecule has 1 aliphatic carbocycles. The van der Waals surface area contributed by atoms with E-state index in [0.29, 0.717) is 13.1 Å². The van der Waals surface area contributed by atoms with Gasteiger partial charge in [0.15, 0.2) is 0 Å². The molecule has 1 N–H and O–H groups in total. The number of carbonyl (C=O) groups excluding carboxylic acids is 1. The largest absolute Gasteiger partial charge is 0.387 e. The molecule has 2 aliphatic rings. The SMILES string of the molecule is O=C(C1Cc2ccccc2C1)N1Cc2ccccc2[C@H](O)C1. The molecule has 0 saturated carbocycles. The van der Waals surface area contributed by atoms with Crippen LogP contribution in [-0.4, -0.2) is 22.5 Å². The van der Waals surface area contributed by atoms with Gasteiger partial charge >= 0.3 is 0 Å². The molecule has 0 saturated heterocycles. The van der Waals surface area contributed by atoms with Gasteiger partial charge in [-0.05, 0) is 35.1 Å². The number of β-amino-alcohol motifs (C(OH)–C–C–N with tert-alkyl or cyclic N) is 1. The summed E-state index contributed by atoms with van der Waals surface area (Å²) < 4.78 is 0. The quantitative estimate of drug-likeness (QED) is 0.877. The first-order chi connectivity index (χ1) is 10.7. The zero-order valence-electron chi connectivity index (χ0n) is 12.4. The topological polar surface area (TPSA) is 40.5 Å². The molecular formula is C19H19NO2. The molecule has 1 atom stereocenters. The first kappa shape index (κ1) is 13.5. The Morgan fingerprint density at radius 3 is 2.23 bits per heavy atom. The maximum atomic E-state index is 12.8. The maximum Gasteiger partial charge on any atom is 0.226 e. The molecular weight excluding hydrogens is 274 g/mol. The van der Waals surface area contributed by atoms with Gasteiger partial charge in [-0.2, -0.15) is 0 Å². The fourth-order valence-corrected chi connectivity index (χ4v) is 3.74. The van der Waals surface area contributed by atoms with Gasteiger partial charge in [0.25, 0.3) is 0 Å². The summed E-state index contributed by atoms with van der Waals surface area (Å²) in [6.07, 6.45) is 1.07. The van der Waals surface area contributed by atoms with Gasteiger partial charge < -0.3 is 10.0 Å². The number of carbonyl (C=O) groups is 1. The Hall–Kier alpha value is -2.13. The summed E-state index contributed by atoms with van der Waals surface area (Å²) in [6, 6.07) is 16.2. The Labute approximate surface area is 130 Å². The van der Waals surface area contributed by atoms with Crippen molar-refractivity contribution in [3.05, 3.63) is 70.8 Å². The minimum absolute atomic E-state index is 0.0230. The van der Waals surface area contributed by atoms with E-state index in [4.69, 9.17) is 0 Å². The van der Waals surface area contributed by atoms with Crippen molar-refractivity contribution < 1.29 is 9.90 Å². The van der Waals surface area contributed by atoms with Gasteiger partial charge in [0.1, 0.15) is 0 Å². The van der Waals surface area contributed by atoms with Crippen molar-refractivity contribution in [2.24, 2.45) is 5.92 Å². The fraction of sp³-hybridized carbons (Fsp3) is 0.316. The van der Waals surface area contributed by atoms with Gasteiger partial charge in [-0.15, -0.1) is 0 Å². The van der Waals surface area contributed by atoms with Crippen molar-refractivity contribution in [2.45, 2.75) is 25.5 Å². The van der Waals surface area contributed by atoms with Crippen LogP contribution in [-0.2, 0) is 24.2 Å². The van der Waals surface area contributed by atoms with E-state index in [2.05, 4.69) is 12.1 Å². The van der Waals surface area contributed by atoms with E-state index in [1.165, 1.54) is 11.1 Å². The van der Waals surface area contributed by atoms with Crippen molar-refractivity contribution in [1.29, 1.82) is 0 Å². The lowest BCUT2D eigenvalue weighted by Gasteiger charge is -2.33. The molecule has 0 bridgehead atoms. The van der Waals surface area contributed by atoms with Crippen molar-refractivity contribution >= 4 is 5.91 Å². The second-order valence-electron chi connectivity index (χ2n) is 6.31. The maximum absolute atomic E-state index is 12.8. The van der Waals surface area contributed by atoms with Gasteiger partial charge in [-0.3, -0.25) is 4.79 Å². The molecule has 0 radical (unpaired) electrons. The Kier molecular flexibility index (Phi) is 3.23. The highest BCUT2D eigenvalue weighted by Crippen LogP contribution is 2.31. The summed E-state index contributed by atoms with van der Waals surface area (Å²) >= 11 is 0. The highest BCUT2D eigenvalue weighted by atomic mass is 16.3. The monoisotopic (exact) mass is 293 g/mol. The van der Waals surface area contributed by atoms with Crippen molar-refractivity contribution in [3.8, 4) is 0 Å². The highest BCUT2D eigenvalue weighted by molar-refractivity contribution is 5.81. The zero-order valence-corrected chi connectivity index (χ0v) is 12.4. The molecule has 3 nitrogen and oxygen atoms in total. The molecule has 1 amide bonds. The molecule has 4 rings (SSSR count). The Morgan fingerprint density at radius 2 is 1.55 bits per heavy atom. The van der Waals surface area contributed by atoms with E-state index < -0.39 is 6.10 Å². The molecule has 0 spiro atoms. The number of hydrogen-bond donors (Lipinski definition) is 1. The second-order valence-corrected chi connectivity index (χ2v) is 6.31. The first-order valence-corrected chi connectivity index (χ1v) is 7.84. The number of hydrogen-bond acceptors (Lipinski definition) is 2. The summed E-state index contributed by atoms with van der Waals surface area (Å²) in [6.45, 7) is 1.02. The predicted octanol–water partition coefficient (Wildman–Crippen LogP) is 2.48. The van der Waals surface area contributed by atoms with E-state index in [-0.39, 0.29) is 11.8 Å². The number of amides is 1. The third kappa shape index (κ3) is 2.22. The van der Waals surface area contributed by atoms with Crippen LogP contribution < -0.4 is 0 Å². The molecule has 1 heterocycles. The van der Waals surface area contributed by atoms with Crippen LogP contribution in [0.25, 0.3) is 0 Å². The standard InChI is InChI=1S/C19H19NO2/c21-18-12-20(11-15-7-3-4-8-17(15)18)19(22)16-9-13-5-1-2-6-14(13)10-16/h1-8,16,18,21H,9-12H2/t18-/m1/s1. The molecule has 0 aromatic heterocycles. The van der Waals surface area contributed by atoms with Crippen molar-refractivity contribution in [2.75, 3.05) is 6.54 Å². The van der Waals surface area contributed by atoms with E-state index >= 15 is 0 Å². The van der Waals surface area contributed by atoms with Crippen LogP contribution in [0.5, 0.6) is 0 Å². The van der Waals surface area contributed by atoms with Crippen LogP contribution in [0, 0.1) is 5.92 Å². The number of aliphatic hydroxyl groups excluding tert-OH is 1. The van der Waals surface area contributed by atoms with Crippen LogP contribution in [0.15, 0.2) is 48.5 Å². The molecule has 22 heavy (non-hydrogen) atoms. The Morgan fingerprint density at radius 1 is 0.955 bits per heavy atom. The van der Waals surface area contributed by atoms with Crippen LogP contribution in [0.1, 0.15) is 28.4 Å². The predicted molar refractivity (Wildman–Crippen MR) is 84.2 cm³/mol. The van der Waals surface area contributed by atoms with E-state index in [1.807, 2.05) is 41.3 Å². The molecule has 0 fully saturated rings. The van der Waals surface area contributed by atoms with E-state index in [1.54, 1.807) is 0 Å². The highest BCUT2D eigenvalue weighted by Gasteiger charge is 2.33. The first-order valence-electron chi connectivity index (χ1n) is 7.84. The van der Waals surface area contributed by atoms with Crippen LogP contribution in [0.3, 0.4) is 0 Å². The van der Waals surface area contributed by atoms with Crippen LogP contribution >= 0.6 is 0 Å². The van der Waals surface area contributed by atoms with Crippen LogP contribution in [0.4, 0.5) is 0 Å². The number of rotatable bonds is 1. The van der Waals surface area contributed by atoms with Gasteiger partial charge in [0.05, 0.1) is 12.6 Å². The number of nitrogens with zero attached hydrogens (tertiary/aromatic N) is 1.